The molecular weight excluding hydrogens is 1480 g/mol. The van der Waals surface area contributed by atoms with Gasteiger partial charge in [0.05, 0.1) is 27.3 Å². The Balaban J connectivity index is 0.771. The highest BCUT2D eigenvalue weighted by atomic mass is 35.5. The number of methoxy groups -OCH3 is 1. The molecule has 7 aliphatic heterocycles. The van der Waals surface area contributed by atoms with Gasteiger partial charge in [0.1, 0.15) is 35.4 Å². The first-order valence-electron chi connectivity index (χ1n) is 42.2. The van der Waals surface area contributed by atoms with E-state index in [1.807, 2.05) is 82.4 Å². The molecule has 19 nitrogen and oxygen atoms in total. The number of piperidine rings is 1. The molecule has 1 spiro atoms. The van der Waals surface area contributed by atoms with Crippen LogP contribution in [0.25, 0.3) is 0 Å². The second kappa shape index (κ2) is 34.9. The Morgan fingerprint density at radius 1 is 0.649 bits per heavy atom. The molecule has 4 aromatic rings. The van der Waals surface area contributed by atoms with Crippen LogP contribution in [-0.4, -0.2) is 219 Å². The van der Waals surface area contributed by atoms with Crippen molar-refractivity contribution in [1.82, 2.24) is 33.9 Å². The molecule has 10 aliphatic rings. The minimum atomic E-state index is -4.18. The number of halogens is 2. The van der Waals surface area contributed by atoms with E-state index in [-0.39, 0.29) is 64.8 Å². The quantitative estimate of drug-likeness (QED) is 0.113. The largest absolute Gasteiger partial charge is 0.487 e. The van der Waals surface area contributed by atoms with Gasteiger partial charge in [0, 0.05) is 138 Å². The highest BCUT2D eigenvalue weighted by Crippen LogP contribution is 2.53. The number of anilines is 2. The fourth-order valence-corrected chi connectivity index (χ4v) is 24.6. The standard InChI is InChI=1S/C88H125Cl2N9O10S2/c1-10-46-108-88(38-15-18-60(2)64(6)110(102,103)91-84(100)67-26-33-80-78(50-67)97(53-69-25-31-77(69)88)40-13-11-20-65-48-72(89)28-23-71(65)56-107-80)59-94-43-45-99(63(5)52-94)62(4)47-83-86(36-17-21-66-49-73(90)29-32-75(66)86)57-98-54-70-24-30-76(70)87(106-9,58-95-42-44-96-39-14-12-22-74(96)55-95)37-16-19-61(3)82(35-41-93(7)8)111(104,105)92-85(101)68-27-34-81(109-83)79(98)51-68/h15-16,23,26-29,32-34,37-38,48-51,60-64,69-70,74,76-77,82-83H,10-14,17-22,24-25,30-31,35-36,39-47,52-59H2,1-9H3,(H,91,100)(H,92,101)/b37-16+,38-15+/t60-,61-,62?,63+,64+,69-,70-,74+,76+,77+,82+,83?,86+,87-,88-/m0/s1. The lowest BCUT2D eigenvalue weighted by molar-refractivity contribution is -0.119. The number of amides is 2. The van der Waals surface area contributed by atoms with Gasteiger partial charge in [0.25, 0.3) is 11.8 Å². The summed E-state index contributed by atoms with van der Waals surface area (Å²) in [7, 11) is -2.46. The summed E-state index contributed by atoms with van der Waals surface area (Å²) in [4.78, 5) is 46.7. The maximum absolute atomic E-state index is 14.9. The van der Waals surface area contributed by atoms with Crippen LogP contribution < -0.4 is 28.7 Å². The number of allylic oxidation sites excluding steroid dienone is 2. The summed E-state index contributed by atoms with van der Waals surface area (Å²) in [5.74, 6) is 0.185. The zero-order chi connectivity index (χ0) is 78.2. The third kappa shape index (κ3) is 17.9. The van der Waals surface area contributed by atoms with Crippen LogP contribution in [0.4, 0.5) is 11.4 Å². The van der Waals surface area contributed by atoms with E-state index in [9.17, 15) is 26.4 Å². The Bertz CT molecular complexity index is 4260. The van der Waals surface area contributed by atoms with Gasteiger partial charge < -0.3 is 33.6 Å². The van der Waals surface area contributed by atoms with Gasteiger partial charge in [-0.1, -0.05) is 86.8 Å². The molecule has 0 aromatic heterocycles. The number of aryl methyl sites for hydroxylation is 2. The summed E-state index contributed by atoms with van der Waals surface area (Å²) in [6.45, 7) is 24.8. The van der Waals surface area contributed by atoms with Crippen molar-refractivity contribution in [3.63, 3.8) is 0 Å². The molecule has 2 N–H and O–H groups in total. The number of fused-ring (bicyclic) bond motifs is 8. The molecule has 15 atom stereocenters. The molecule has 5 fully saturated rings. The first-order chi connectivity index (χ1) is 53.3. The van der Waals surface area contributed by atoms with E-state index < -0.39 is 59.0 Å². The molecule has 2 unspecified atom stereocenters. The van der Waals surface area contributed by atoms with Crippen LogP contribution in [0.2, 0.25) is 10.0 Å². The van der Waals surface area contributed by atoms with Crippen molar-refractivity contribution in [3.05, 3.63) is 141 Å². The number of nitrogens with zero attached hydrogens (tertiary/aromatic N) is 7. The highest BCUT2D eigenvalue weighted by molar-refractivity contribution is 7.91. The van der Waals surface area contributed by atoms with Gasteiger partial charge in [-0.05, 0) is 269 Å². The van der Waals surface area contributed by atoms with Gasteiger partial charge in [0.15, 0.2) is 0 Å². The molecule has 23 heteroatoms. The second-order valence-electron chi connectivity index (χ2n) is 35.5. The van der Waals surface area contributed by atoms with Crippen molar-refractivity contribution >= 4 is 66.4 Å². The van der Waals surface area contributed by atoms with Crippen molar-refractivity contribution in [1.29, 1.82) is 0 Å². The van der Waals surface area contributed by atoms with Gasteiger partial charge in [-0.15, -0.1) is 0 Å². The number of carbonyl (C=O) groups excluding carboxylic acids is 2. The second-order valence-corrected chi connectivity index (χ2v) is 40.3. The first kappa shape index (κ1) is 82.2. The summed E-state index contributed by atoms with van der Waals surface area (Å²) in [5.41, 5.74) is 5.00. The van der Waals surface area contributed by atoms with Gasteiger partial charge in [0.2, 0.25) is 20.0 Å². The average Bonchev–Trinajstić information content (AvgIpc) is 1.63. The summed E-state index contributed by atoms with van der Waals surface area (Å²) in [6, 6.07) is 24.2. The van der Waals surface area contributed by atoms with Crippen molar-refractivity contribution < 1.29 is 45.4 Å². The Hall–Kier alpha value is -5.30. The monoisotopic (exact) mass is 1600 g/mol. The van der Waals surface area contributed by atoms with E-state index in [1.165, 1.54) is 36.9 Å². The molecule has 3 saturated heterocycles. The van der Waals surface area contributed by atoms with Gasteiger partial charge in [-0.25, -0.2) is 26.3 Å². The van der Waals surface area contributed by atoms with E-state index in [1.54, 1.807) is 19.1 Å². The first-order valence-corrected chi connectivity index (χ1v) is 46.0. The zero-order valence-electron chi connectivity index (χ0n) is 67.5. The molecule has 2 amide bonds. The molecule has 111 heavy (non-hydrogen) atoms. The minimum Gasteiger partial charge on any atom is -0.487 e. The number of rotatable bonds is 14. The van der Waals surface area contributed by atoms with E-state index in [2.05, 4.69) is 102 Å². The Kier molecular flexibility index (Phi) is 25.8. The number of benzene rings is 4. The van der Waals surface area contributed by atoms with Gasteiger partial charge >= 0.3 is 0 Å². The molecule has 0 radical (unpaired) electrons. The maximum Gasteiger partial charge on any atom is 0.264 e. The van der Waals surface area contributed by atoms with Crippen LogP contribution >= 0.6 is 23.2 Å². The normalized spacial score (nSPS) is 33.4. The van der Waals surface area contributed by atoms with Crippen LogP contribution in [-0.2, 0) is 54.4 Å². The molecule has 4 bridgehead atoms. The number of nitrogens with one attached hydrogen (secondary N) is 2. The molecular formula is C88H125Cl2N9O10S2. The van der Waals surface area contributed by atoms with E-state index in [4.69, 9.17) is 42.1 Å². The molecule has 14 rings (SSSR count). The van der Waals surface area contributed by atoms with Crippen LogP contribution in [0.3, 0.4) is 0 Å². The number of ether oxygens (including phenoxy) is 4. The lowest BCUT2D eigenvalue weighted by Crippen LogP contribution is -2.62. The van der Waals surface area contributed by atoms with Crippen molar-refractivity contribution in [2.75, 3.05) is 129 Å². The number of carbonyl (C=O) groups is 2. The number of hydrogen-bond donors (Lipinski definition) is 2. The maximum atomic E-state index is 14.9. The Labute approximate surface area is 673 Å². The Morgan fingerprint density at radius 2 is 1.29 bits per heavy atom. The van der Waals surface area contributed by atoms with Crippen molar-refractivity contribution in [2.24, 2.45) is 35.5 Å². The van der Waals surface area contributed by atoms with E-state index >= 15 is 0 Å². The minimum absolute atomic E-state index is 0.0632. The van der Waals surface area contributed by atoms with E-state index in [0.717, 1.165) is 139 Å². The smallest absolute Gasteiger partial charge is 0.264 e. The van der Waals surface area contributed by atoms with Crippen molar-refractivity contribution in [2.45, 2.75) is 215 Å². The summed E-state index contributed by atoms with van der Waals surface area (Å²) >= 11 is 13.6. The van der Waals surface area contributed by atoms with Gasteiger partial charge in [-0.3, -0.25) is 29.2 Å². The van der Waals surface area contributed by atoms with Crippen LogP contribution in [0.1, 0.15) is 187 Å². The third-order valence-electron chi connectivity index (χ3n) is 28.0. The summed E-state index contributed by atoms with van der Waals surface area (Å²) < 4.78 is 92.6. The van der Waals surface area contributed by atoms with Crippen LogP contribution in [0, 0.1) is 35.5 Å². The molecule has 608 valence electrons. The fourth-order valence-electron chi connectivity index (χ4n) is 21.2. The molecule has 7 heterocycles. The molecule has 4 aromatic carbocycles. The predicted octanol–water partition coefficient (Wildman–Crippen LogP) is 13.8. The Morgan fingerprint density at radius 3 is 2.00 bits per heavy atom. The van der Waals surface area contributed by atoms with Gasteiger partial charge in [-0.2, -0.15) is 0 Å². The number of sulfonamides is 2. The third-order valence-corrected chi connectivity index (χ3v) is 32.4. The zero-order valence-corrected chi connectivity index (χ0v) is 70.6. The van der Waals surface area contributed by atoms with Crippen LogP contribution in [0.15, 0.2) is 97.1 Å². The van der Waals surface area contributed by atoms with Crippen LogP contribution in [0.5, 0.6) is 11.5 Å². The highest BCUT2D eigenvalue weighted by Gasteiger charge is 2.55. The lowest BCUT2D eigenvalue weighted by atomic mass is 9.63. The summed E-state index contributed by atoms with van der Waals surface area (Å²) in [5, 5.41) is -0.296. The topological polar surface area (TPSA) is 186 Å². The number of hydrogen-bond acceptors (Lipinski definition) is 17. The molecule has 2 saturated carbocycles. The SMILES string of the molecule is CCCO[C@]1(CN2CCN(C(C)CC3Oc4ccc5cc4N(C[C@@H]4CC[C@H]4[C@](CN4CCN6CCCC[C@@H]6C4)(OC)/C=C/C[C@H](C)[C@@H](CCN(C)C)S(=O)(=O)NC5=O)C[C@@]34CCCc3cc(Cl)ccc34)[C@H](C)C2)/C=C/C[C@H](C)[C@@H](C)S(=O)(=O)NC(=O)c2ccc3c(c2)N(CCCCc2cc(Cl)ccc2CO3)C[C@@H]2CC[C@H]21. The lowest BCUT2D eigenvalue weighted by Gasteiger charge is -2.54. The van der Waals surface area contributed by atoms with E-state index in [0.29, 0.717) is 106 Å². The average molecular weight is 1600 g/mol. The molecule has 3 aliphatic carbocycles. The number of piperazine rings is 2. The predicted molar refractivity (Wildman–Crippen MR) is 445 cm³/mol. The fraction of sp³-hybridized carbons (Fsp3) is 0.659. The summed E-state index contributed by atoms with van der Waals surface area (Å²) in [6.07, 6.45) is 24.7. The van der Waals surface area contributed by atoms with Crippen molar-refractivity contribution in [3.8, 4) is 11.5 Å².